The van der Waals surface area contributed by atoms with Gasteiger partial charge >= 0.3 is 0 Å². The Morgan fingerprint density at radius 1 is 1.18 bits per heavy atom. The highest BCUT2D eigenvalue weighted by Crippen LogP contribution is 2.34. The number of rotatable bonds is 9. The molecular formula is C30H36N6O3S. The number of fused-ring (bicyclic) bond motifs is 1. The molecule has 2 N–H and O–H groups in total. The number of amides is 2. The van der Waals surface area contributed by atoms with Gasteiger partial charge in [0, 0.05) is 31.7 Å². The molecule has 1 saturated heterocycles. The van der Waals surface area contributed by atoms with Crippen LogP contribution in [0.2, 0.25) is 0 Å². The van der Waals surface area contributed by atoms with E-state index >= 15 is 0 Å². The van der Waals surface area contributed by atoms with Crippen molar-refractivity contribution in [3.63, 3.8) is 0 Å². The van der Waals surface area contributed by atoms with Crippen LogP contribution in [0.15, 0.2) is 47.8 Å². The molecule has 0 aliphatic carbocycles. The zero-order valence-electron chi connectivity index (χ0n) is 23.4. The third-order valence-electron chi connectivity index (χ3n) is 7.42. The number of hydrogen-bond acceptors (Lipinski definition) is 7. The maximum atomic E-state index is 13.1. The van der Waals surface area contributed by atoms with E-state index in [1.165, 1.54) is 16.9 Å². The van der Waals surface area contributed by atoms with E-state index in [1.54, 1.807) is 4.90 Å². The molecule has 5 rings (SSSR count). The van der Waals surface area contributed by atoms with E-state index in [-0.39, 0.29) is 24.9 Å². The fraction of sp³-hybridized carbons (Fsp3) is 0.400. The van der Waals surface area contributed by atoms with E-state index in [2.05, 4.69) is 45.0 Å². The maximum Gasteiger partial charge on any atom is 0.252 e. The lowest BCUT2D eigenvalue weighted by atomic mass is 10.0. The van der Waals surface area contributed by atoms with Crippen LogP contribution in [0.25, 0.3) is 11.0 Å². The van der Waals surface area contributed by atoms with E-state index in [9.17, 15) is 14.7 Å². The number of imidazole rings is 1. The summed E-state index contributed by atoms with van der Waals surface area (Å²) >= 11 is 1.47. The minimum Gasteiger partial charge on any atom is -0.383 e. The average molecular weight is 561 g/mol. The summed E-state index contributed by atoms with van der Waals surface area (Å²) in [5.41, 5.74) is 6.21. The molecule has 9 nitrogen and oxygen atoms in total. The molecule has 0 spiro atoms. The van der Waals surface area contributed by atoms with E-state index < -0.39 is 12.0 Å². The first kappa shape index (κ1) is 27.8. The van der Waals surface area contributed by atoms with Crippen molar-refractivity contribution in [2.24, 2.45) is 0 Å². The fourth-order valence-electron chi connectivity index (χ4n) is 5.31. The summed E-state index contributed by atoms with van der Waals surface area (Å²) < 4.78 is 2.14. The lowest BCUT2D eigenvalue weighted by Crippen LogP contribution is -2.41. The molecule has 1 fully saturated rings. The number of hydrogen-bond donors (Lipinski definition) is 2. The first-order chi connectivity index (χ1) is 19.2. The molecule has 40 heavy (non-hydrogen) atoms. The van der Waals surface area contributed by atoms with Gasteiger partial charge in [-0.2, -0.15) is 0 Å². The molecule has 1 aliphatic heterocycles. The highest BCUT2D eigenvalue weighted by molar-refractivity contribution is 7.09. The van der Waals surface area contributed by atoms with Gasteiger partial charge in [-0.1, -0.05) is 18.2 Å². The van der Waals surface area contributed by atoms with Gasteiger partial charge in [0.15, 0.2) is 0 Å². The van der Waals surface area contributed by atoms with Crippen molar-refractivity contribution in [3.8, 4) is 0 Å². The standard InChI is InChI=1S/C30H36N6O3S/c1-19-10-11-24-26(13-19)36(20(2)32-24)17-22-18-40-29(33-22)16-31-28(38)15-27(37)30(39)35-12-6-9-25(35)21-7-5-8-23(14-21)34(3)4/h5,7-8,10-11,13-14,18,25,27,37H,6,9,12,15-17H2,1-4H3,(H,31,38)/t25?,27-/m1/s1. The van der Waals surface area contributed by atoms with Crippen molar-refractivity contribution in [2.45, 2.75) is 58.3 Å². The topological polar surface area (TPSA) is 104 Å². The van der Waals surface area contributed by atoms with Crippen molar-refractivity contribution in [1.82, 2.24) is 24.8 Å². The van der Waals surface area contributed by atoms with Crippen molar-refractivity contribution in [3.05, 3.63) is 75.5 Å². The number of carbonyl (C=O) groups excluding carboxylic acids is 2. The highest BCUT2D eigenvalue weighted by atomic mass is 32.1. The van der Waals surface area contributed by atoms with E-state index in [1.807, 2.05) is 55.6 Å². The molecule has 1 aliphatic rings. The lowest BCUT2D eigenvalue weighted by Gasteiger charge is -2.28. The summed E-state index contributed by atoms with van der Waals surface area (Å²) in [4.78, 5) is 38.8. The summed E-state index contributed by atoms with van der Waals surface area (Å²) in [5, 5.41) is 16.2. The van der Waals surface area contributed by atoms with Gasteiger partial charge in [-0.25, -0.2) is 9.97 Å². The number of benzene rings is 2. The molecule has 0 saturated carbocycles. The molecule has 2 aromatic heterocycles. The monoisotopic (exact) mass is 560 g/mol. The first-order valence-electron chi connectivity index (χ1n) is 13.6. The van der Waals surface area contributed by atoms with Crippen LogP contribution in [0, 0.1) is 13.8 Å². The number of aliphatic hydroxyl groups is 1. The lowest BCUT2D eigenvalue weighted by molar-refractivity contribution is -0.144. The van der Waals surface area contributed by atoms with E-state index in [4.69, 9.17) is 0 Å². The van der Waals surface area contributed by atoms with Gasteiger partial charge in [0.1, 0.15) is 16.9 Å². The van der Waals surface area contributed by atoms with Crippen molar-refractivity contribution in [1.29, 1.82) is 0 Å². The number of thiazole rings is 1. The predicted octanol–water partition coefficient (Wildman–Crippen LogP) is 3.95. The zero-order chi connectivity index (χ0) is 28.4. The fourth-order valence-corrected chi connectivity index (χ4v) is 6.03. The van der Waals surface area contributed by atoms with Crippen LogP contribution in [-0.2, 0) is 22.7 Å². The molecule has 10 heteroatoms. The molecular weight excluding hydrogens is 524 g/mol. The van der Waals surface area contributed by atoms with Gasteiger partial charge in [-0.15, -0.1) is 11.3 Å². The molecule has 1 unspecified atom stereocenters. The number of aromatic nitrogens is 3. The summed E-state index contributed by atoms with van der Waals surface area (Å²) in [6.45, 7) is 5.46. The number of carbonyl (C=O) groups is 2. The number of aliphatic hydroxyl groups excluding tert-OH is 1. The average Bonchev–Trinajstić information content (AvgIpc) is 3.67. The minimum atomic E-state index is -1.38. The number of likely N-dealkylation sites (tertiary alicyclic amines) is 1. The minimum absolute atomic E-state index is 0.0981. The second kappa shape index (κ2) is 11.8. The Balaban J connectivity index is 1.15. The molecule has 3 heterocycles. The molecule has 210 valence electrons. The van der Waals surface area contributed by atoms with Gasteiger partial charge in [-0.05, 0) is 62.1 Å². The number of aryl methyl sites for hydroxylation is 2. The Morgan fingerprint density at radius 2 is 2.00 bits per heavy atom. The molecule has 4 aromatic rings. The van der Waals surface area contributed by atoms with Crippen LogP contribution in [-0.4, -0.2) is 63.1 Å². The predicted molar refractivity (Wildman–Crippen MR) is 157 cm³/mol. The van der Waals surface area contributed by atoms with Crippen LogP contribution >= 0.6 is 11.3 Å². The molecule has 0 radical (unpaired) electrons. The first-order valence-corrected chi connectivity index (χ1v) is 14.5. The van der Waals surface area contributed by atoms with Crippen LogP contribution in [0.3, 0.4) is 0 Å². The van der Waals surface area contributed by atoms with Crippen LogP contribution in [0.4, 0.5) is 5.69 Å². The highest BCUT2D eigenvalue weighted by Gasteiger charge is 2.34. The maximum absolute atomic E-state index is 13.1. The molecule has 2 atom stereocenters. The van der Waals surface area contributed by atoms with Crippen molar-refractivity contribution in [2.75, 3.05) is 25.5 Å². The van der Waals surface area contributed by atoms with Crippen molar-refractivity contribution < 1.29 is 14.7 Å². The quantitative estimate of drug-likeness (QED) is 0.321. The Morgan fingerprint density at radius 3 is 2.80 bits per heavy atom. The number of nitrogens with zero attached hydrogens (tertiary/aromatic N) is 5. The third kappa shape index (κ3) is 6.03. The van der Waals surface area contributed by atoms with E-state index in [0.717, 1.165) is 51.7 Å². The van der Waals surface area contributed by atoms with Crippen LogP contribution in [0.1, 0.15) is 53.0 Å². The smallest absolute Gasteiger partial charge is 0.252 e. The molecule has 2 amide bonds. The molecule has 0 bridgehead atoms. The Kier molecular flexibility index (Phi) is 8.18. The largest absolute Gasteiger partial charge is 0.383 e. The van der Waals surface area contributed by atoms with Gasteiger partial charge in [0.25, 0.3) is 5.91 Å². The number of anilines is 1. The summed E-state index contributed by atoms with van der Waals surface area (Å²) in [5.74, 6) is 0.144. The third-order valence-corrected chi connectivity index (χ3v) is 8.32. The van der Waals surface area contributed by atoms with Gasteiger partial charge in [0.05, 0.1) is 42.3 Å². The molecule has 2 aromatic carbocycles. The summed E-state index contributed by atoms with van der Waals surface area (Å²) in [6, 6.07) is 14.2. The Bertz CT molecular complexity index is 1530. The number of nitrogens with one attached hydrogen (secondary N) is 1. The Hall–Kier alpha value is -3.76. The second-order valence-electron chi connectivity index (χ2n) is 10.6. The van der Waals surface area contributed by atoms with Crippen LogP contribution < -0.4 is 10.2 Å². The van der Waals surface area contributed by atoms with E-state index in [0.29, 0.717) is 13.1 Å². The second-order valence-corrected chi connectivity index (χ2v) is 11.6. The normalized spacial score (nSPS) is 15.9. The SMILES string of the molecule is Cc1ccc2nc(C)n(Cc3csc(CNC(=O)C[C@@H](O)C(=O)N4CCCC4c4cccc(N(C)C)c4)n3)c2c1. The van der Waals surface area contributed by atoms with Gasteiger partial charge < -0.3 is 24.8 Å². The summed E-state index contributed by atoms with van der Waals surface area (Å²) in [7, 11) is 3.96. The van der Waals surface area contributed by atoms with Crippen LogP contribution in [0.5, 0.6) is 0 Å². The summed E-state index contributed by atoms with van der Waals surface area (Å²) in [6.07, 6.45) is 0.0342. The van der Waals surface area contributed by atoms with Gasteiger partial charge in [0.2, 0.25) is 5.91 Å². The van der Waals surface area contributed by atoms with Crippen molar-refractivity contribution >= 4 is 39.9 Å². The Labute approximate surface area is 238 Å². The zero-order valence-corrected chi connectivity index (χ0v) is 24.2. The van der Waals surface area contributed by atoms with Gasteiger partial charge in [-0.3, -0.25) is 9.59 Å².